The lowest BCUT2D eigenvalue weighted by Gasteiger charge is -2.15. The van der Waals surface area contributed by atoms with Crippen molar-refractivity contribution in [3.05, 3.63) is 84.1 Å². The molecule has 0 saturated carbocycles. The molecule has 0 fully saturated rings. The molecular formula is C23H20N4OS. The van der Waals surface area contributed by atoms with Crippen molar-refractivity contribution in [2.75, 3.05) is 5.75 Å². The average molecular weight is 401 g/mol. The van der Waals surface area contributed by atoms with Gasteiger partial charge in [0, 0.05) is 6.20 Å². The molecule has 1 atom stereocenters. The van der Waals surface area contributed by atoms with E-state index in [1.165, 1.54) is 34.0 Å². The van der Waals surface area contributed by atoms with E-state index in [9.17, 15) is 4.79 Å². The first-order chi connectivity index (χ1) is 14.3. The molecule has 0 aliphatic heterocycles. The van der Waals surface area contributed by atoms with Crippen molar-refractivity contribution in [2.45, 2.75) is 24.0 Å². The molecule has 2 aromatic heterocycles. The first-order valence-electron chi connectivity index (χ1n) is 9.68. The first kappa shape index (κ1) is 17.9. The lowest BCUT2D eigenvalue weighted by molar-refractivity contribution is -0.119. The van der Waals surface area contributed by atoms with E-state index in [1.807, 2.05) is 47.0 Å². The minimum Gasteiger partial charge on any atom is -0.349 e. The number of carbonyl (C=O) groups is 1. The molecule has 1 aliphatic rings. The molecular weight excluding hydrogens is 380 g/mol. The van der Waals surface area contributed by atoms with Gasteiger partial charge < -0.3 is 5.32 Å². The molecule has 0 spiro atoms. The highest BCUT2D eigenvalue weighted by Gasteiger charge is 2.24. The molecule has 0 bridgehead atoms. The Morgan fingerprint density at radius 2 is 1.90 bits per heavy atom. The number of carbonyl (C=O) groups excluding carboxylic acids is 1. The zero-order valence-corrected chi connectivity index (χ0v) is 16.6. The Kier molecular flexibility index (Phi) is 4.77. The fraction of sp³-hybridized carbons (Fsp3) is 0.174. The van der Waals surface area contributed by atoms with E-state index in [4.69, 9.17) is 0 Å². The second-order valence-corrected chi connectivity index (χ2v) is 8.08. The molecule has 0 radical (unpaired) electrons. The second-order valence-electron chi connectivity index (χ2n) is 7.14. The topological polar surface area (TPSA) is 59.3 Å². The molecule has 5 rings (SSSR count). The lowest BCUT2D eigenvalue weighted by Crippen LogP contribution is -2.28. The number of rotatable bonds is 5. The van der Waals surface area contributed by atoms with Crippen molar-refractivity contribution in [3.63, 3.8) is 0 Å². The van der Waals surface area contributed by atoms with Crippen molar-refractivity contribution < 1.29 is 4.79 Å². The summed E-state index contributed by atoms with van der Waals surface area (Å²) in [5.74, 6) is 0.338. The number of hydrogen-bond donors (Lipinski definition) is 1. The predicted molar refractivity (Wildman–Crippen MR) is 115 cm³/mol. The van der Waals surface area contributed by atoms with Gasteiger partial charge in [-0.05, 0) is 53.3 Å². The third-order valence-corrected chi connectivity index (χ3v) is 6.22. The highest BCUT2D eigenvalue weighted by molar-refractivity contribution is 7.99. The molecule has 6 heteroatoms. The van der Waals surface area contributed by atoms with Crippen LogP contribution in [0.15, 0.2) is 78.1 Å². The predicted octanol–water partition coefficient (Wildman–Crippen LogP) is 4.29. The average Bonchev–Trinajstić information content (AvgIpc) is 3.37. The monoisotopic (exact) mass is 400 g/mol. The fourth-order valence-electron chi connectivity index (χ4n) is 3.85. The summed E-state index contributed by atoms with van der Waals surface area (Å²) in [4.78, 5) is 12.6. The maximum Gasteiger partial charge on any atom is 0.230 e. The zero-order chi connectivity index (χ0) is 19.6. The minimum absolute atomic E-state index is 0.0191. The summed E-state index contributed by atoms with van der Waals surface area (Å²) < 4.78 is 1.90. The van der Waals surface area contributed by atoms with Gasteiger partial charge in [0.1, 0.15) is 0 Å². The second kappa shape index (κ2) is 7.72. The van der Waals surface area contributed by atoms with Crippen LogP contribution in [0.1, 0.15) is 23.6 Å². The standard InChI is InChI=1S/C23H20N4OS/c28-22(15-29-23-26-25-21-8-4-5-13-27(21)23)24-20-12-11-17-9-10-18(14-19(17)20)16-6-2-1-3-7-16/h1-10,13-14,20H,11-12,15H2,(H,24,28). The van der Waals surface area contributed by atoms with Gasteiger partial charge in [-0.2, -0.15) is 0 Å². The van der Waals surface area contributed by atoms with Crippen LogP contribution < -0.4 is 5.32 Å². The Morgan fingerprint density at radius 3 is 2.79 bits per heavy atom. The fourth-order valence-corrected chi connectivity index (χ4v) is 4.58. The number of amides is 1. The number of fused-ring (bicyclic) bond motifs is 2. The first-order valence-corrected chi connectivity index (χ1v) is 10.7. The maximum absolute atomic E-state index is 12.6. The molecule has 1 amide bonds. The quantitative estimate of drug-likeness (QED) is 0.508. The van der Waals surface area contributed by atoms with Crippen LogP contribution in [0.2, 0.25) is 0 Å². The molecule has 1 aliphatic carbocycles. The smallest absolute Gasteiger partial charge is 0.230 e. The van der Waals surface area contributed by atoms with Gasteiger partial charge in [0.15, 0.2) is 10.8 Å². The van der Waals surface area contributed by atoms with Crippen LogP contribution >= 0.6 is 11.8 Å². The highest BCUT2D eigenvalue weighted by Crippen LogP contribution is 2.34. The highest BCUT2D eigenvalue weighted by atomic mass is 32.2. The van der Waals surface area contributed by atoms with Gasteiger partial charge in [-0.1, -0.05) is 60.3 Å². The number of aromatic nitrogens is 3. The molecule has 5 nitrogen and oxygen atoms in total. The molecule has 2 heterocycles. The van der Waals surface area contributed by atoms with Gasteiger partial charge in [0.25, 0.3) is 0 Å². The van der Waals surface area contributed by atoms with Gasteiger partial charge in [-0.25, -0.2) is 0 Å². The van der Waals surface area contributed by atoms with Crippen LogP contribution in [0, 0.1) is 0 Å². The van der Waals surface area contributed by atoms with Gasteiger partial charge in [-0.3, -0.25) is 9.20 Å². The Labute approximate surface area is 173 Å². The zero-order valence-electron chi connectivity index (χ0n) is 15.8. The van der Waals surface area contributed by atoms with E-state index in [0.29, 0.717) is 5.75 Å². The number of thioether (sulfide) groups is 1. The summed E-state index contributed by atoms with van der Waals surface area (Å²) in [6.45, 7) is 0. The van der Waals surface area contributed by atoms with Gasteiger partial charge >= 0.3 is 0 Å². The van der Waals surface area contributed by atoms with Crippen molar-refractivity contribution >= 4 is 23.3 Å². The van der Waals surface area contributed by atoms with E-state index in [0.717, 1.165) is 23.6 Å². The molecule has 2 aromatic carbocycles. The molecule has 29 heavy (non-hydrogen) atoms. The Hall–Kier alpha value is -3.12. The van der Waals surface area contributed by atoms with E-state index in [1.54, 1.807) is 0 Å². The van der Waals surface area contributed by atoms with Crippen LogP contribution in [0.3, 0.4) is 0 Å². The number of pyridine rings is 1. The van der Waals surface area contributed by atoms with Crippen LogP contribution in [0.4, 0.5) is 0 Å². The molecule has 4 aromatic rings. The van der Waals surface area contributed by atoms with Crippen molar-refractivity contribution in [2.24, 2.45) is 0 Å². The Bertz CT molecular complexity index is 1170. The molecule has 144 valence electrons. The van der Waals surface area contributed by atoms with Crippen molar-refractivity contribution in [3.8, 4) is 11.1 Å². The maximum atomic E-state index is 12.6. The number of hydrogen-bond acceptors (Lipinski definition) is 4. The van der Waals surface area contributed by atoms with E-state index in [-0.39, 0.29) is 11.9 Å². The number of nitrogens with one attached hydrogen (secondary N) is 1. The number of benzene rings is 2. The summed E-state index contributed by atoms with van der Waals surface area (Å²) in [6, 6.07) is 22.8. The van der Waals surface area contributed by atoms with Crippen LogP contribution in [-0.2, 0) is 11.2 Å². The summed E-state index contributed by atoms with van der Waals surface area (Å²) in [5, 5.41) is 12.2. The van der Waals surface area contributed by atoms with Crippen molar-refractivity contribution in [1.82, 2.24) is 19.9 Å². The van der Waals surface area contributed by atoms with E-state index < -0.39 is 0 Å². The largest absolute Gasteiger partial charge is 0.349 e. The lowest BCUT2D eigenvalue weighted by atomic mass is 9.99. The normalized spacial score (nSPS) is 15.4. The van der Waals surface area contributed by atoms with Crippen LogP contribution in [-0.4, -0.2) is 26.3 Å². The van der Waals surface area contributed by atoms with Gasteiger partial charge in [-0.15, -0.1) is 10.2 Å². The SMILES string of the molecule is O=C(CSc1nnc2ccccn12)NC1CCc2ccc(-c3ccccc3)cc21. The van der Waals surface area contributed by atoms with Crippen LogP contribution in [0.25, 0.3) is 16.8 Å². The third kappa shape index (κ3) is 3.63. The summed E-state index contributed by atoms with van der Waals surface area (Å²) in [5.41, 5.74) is 5.73. The molecule has 1 N–H and O–H groups in total. The van der Waals surface area contributed by atoms with E-state index in [2.05, 4.69) is 45.8 Å². The third-order valence-electron chi connectivity index (χ3n) is 5.28. The van der Waals surface area contributed by atoms with Gasteiger partial charge in [0.05, 0.1) is 11.8 Å². The van der Waals surface area contributed by atoms with Crippen LogP contribution in [0.5, 0.6) is 0 Å². The van der Waals surface area contributed by atoms with Crippen molar-refractivity contribution in [1.29, 1.82) is 0 Å². The van der Waals surface area contributed by atoms with E-state index >= 15 is 0 Å². The Morgan fingerprint density at radius 1 is 1.03 bits per heavy atom. The summed E-state index contributed by atoms with van der Waals surface area (Å²) >= 11 is 1.41. The molecule has 1 unspecified atom stereocenters. The van der Waals surface area contributed by atoms with Gasteiger partial charge in [0.2, 0.25) is 5.91 Å². The molecule has 0 saturated heterocycles. The minimum atomic E-state index is 0.0191. The number of aryl methyl sites for hydroxylation is 1. The summed E-state index contributed by atoms with van der Waals surface area (Å²) in [7, 11) is 0. The number of nitrogens with zero attached hydrogens (tertiary/aromatic N) is 3. The summed E-state index contributed by atoms with van der Waals surface area (Å²) in [6.07, 6.45) is 3.85. The Balaban J connectivity index is 1.28.